The van der Waals surface area contributed by atoms with Crippen LogP contribution in [0.15, 0.2) is 59.5 Å². The van der Waals surface area contributed by atoms with Gasteiger partial charge in [0.1, 0.15) is 0 Å². The second kappa shape index (κ2) is 7.37. The third-order valence-corrected chi connectivity index (χ3v) is 5.47. The normalized spacial score (nSPS) is 11.3. The topological polar surface area (TPSA) is 107 Å². The summed E-state index contributed by atoms with van der Waals surface area (Å²) in [5, 5.41) is 15.9. The number of nitrogens with one attached hydrogen (secondary N) is 1. The molecule has 0 radical (unpaired) electrons. The predicted molar refractivity (Wildman–Crippen MR) is 101 cm³/mol. The maximum atomic E-state index is 12.6. The minimum absolute atomic E-state index is 0.0830. The molecule has 3 rings (SSSR count). The van der Waals surface area contributed by atoms with E-state index < -0.39 is 25.5 Å². The Bertz CT molecular complexity index is 1090. The molecule has 140 valence electrons. The van der Waals surface area contributed by atoms with Crippen LogP contribution in [-0.4, -0.2) is 23.1 Å². The Kier molecular flexibility index (Phi) is 5.15. The maximum Gasteiger partial charge on any atom is 0.289 e. The lowest BCUT2D eigenvalue weighted by Crippen LogP contribution is -2.15. The van der Waals surface area contributed by atoms with Gasteiger partial charge in [-0.1, -0.05) is 35.9 Å². The number of benzene rings is 2. The monoisotopic (exact) mass is 406 g/mol. The summed E-state index contributed by atoms with van der Waals surface area (Å²) >= 11 is 5.87. The van der Waals surface area contributed by atoms with Crippen molar-refractivity contribution in [3.63, 3.8) is 0 Å². The van der Waals surface area contributed by atoms with Gasteiger partial charge in [-0.3, -0.25) is 19.5 Å². The van der Waals surface area contributed by atoms with E-state index in [1.54, 1.807) is 29.8 Å². The molecule has 0 bridgehead atoms. The summed E-state index contributed by atoms with van der Waals surface area (Å²) in [5.74, 6) is 0.0830. The summed E-state index contributed by atoms with van der Waals surface area (Å²) in [6.07, 6.45) is 0. The number of rotatable bonds is 6. The average Bonchev–Trinajstić information content (AvgIpc) is 2.95. The van der Waals surface area contributed by atoms with Gasteiger partial charge in [0.05, 0.1) is 11.5 Å². The summed E-state index contributed by atoms with van der Waals surface area (Å²) in [6, 6.07) is 13.9. The second-order valence-electron chi connectivity index (χ2n) is 5.79. The molecule has 2 aromatic carbocycles. The second-order valence-corrected chi connectivity index (χ2v) is 7.87. The third kappa shape index (κ3) is 4.26. The van der Waals surface area contributed by atoms with E-state index in [1.807, 2.05) is 12.1 Å². The number of anilines is 1. The van der Waals surface area contributed by atoms with E-state index in [1.165, 1.54) is 18.2 Å². The van der Waals surface area contributed by atoms with Gasteiger partial charge in [-0.25, -0.2) is 8.42 Å². The van der Waals surface area contributed by atoms with E-state index in [0.717, 1.165) is 17.3 Å². The van der Waals surface area contributed by atoms with Crippen LogP contribution in [0, 0.1) is 17.0 Å². The first-order valence-corrected chi connectivity index (χ1v) is 9.67. The molecule has 3 aromatic rings. The molecule has 27 heavy (non-hydrogen) atoms. The van der Waals surface area contributed by atoms with Crippen LogP contribution >= 0.6 is 11.6 Å². The molecule has 0 saturated carbocycles. The summed E-state index contributed by atoms with van der Waals surface area (Å²) in [7, 11) is -4.16. The largest absolute Gasteiger partial charge is 0.289 e. The van der Waals surface area contributed by atoms with E-state index in [-0.39, 0.29) is 5.82 Å². The third-order valence-electron chi connectivity index (χ3n) is 3.82. The molecular weight excluding hydrogens is 392 g/mol. The van der Waals surface area contributed by atoms with E-state index in [2.05, 4.69) is 9.82 Å². The highest BCUT2D eigenvalue weighted by Crippen LogP contribution is 2.25. The molecule has 0 spiro atoms. The van der Waals surface area contributed by atoms with Crippen molar-refractivity contribution in [1.29, 1.82) is 0 Å². The molecule has 0 unspecified atom stereocenters. The predicted octanol–water partition coefficient (Wildman–Crippen LogP) is 3.60. The zero-order valence-corrected chi connectivity index (χ0v) is 15.7. The minimum atomic E-state index is -4.16. The molecule has 10 heteroatoms. The Morgan fingerprint density at radius 3 is 2.52 bits per heavy atom. The van der Waals surface area contributed by atoms with Crippen molar-refractivity contribution >= 4 is 33.1 Å². The van der Waals surface area contributed by atoms with Gasteiger partial charge < -0.3 is 0 Å². The van der Waals surface area contributed by atoms with Gasteiger partial charge >= 0.3 is 0 Å². The quantitative estimate of drug-likeness (QED) is 0.497. The molecule has 1 heterocycles. The molecule has 1 N–H and O–H groups in total. The van der Waals surface area contributed by atoms with Crippen molar-refractivity contribution in [2.75, 3.05) is 4.72 Å². The molecule has 0 amide bonds. The fourth-order valence-electron chi connectivity index (χ4n) is 2.51. The van der Waals surface area contributed by atoms with Crippen LogP contribution in [0.5, 0.6) is 0 Å². The number of halogens is 1. The van der Waals surface area contributed by atoms with Crippen molar-refractivity contribution in [1.82, 2.24) is 9.78 Å². The van der Waals surface area contributed by atoms with Crippen molar-refractivity contribution in [2.45, 2.75) is 18.4 Å². The van der Waals surface area contributed by atoms with Crippen LogP contribution in [0.3, 0.4) is 0 Å². The Morgan fingerprint density at radius 2 is 1.85 bits per heavy atom. The lowest BCUT2D eigenvalue weighted by atomic mass is 10.2. The van der Waals surface area contributed by atoms with Crippen LogP contribution in [0.25, 0.3) is 0 Å². The van der Waals surface area contributed by atoms with Crippen LogP contribution < -0.4 is 4.72 Å². The zero-order valence-electron chi connectivity index (χ0n) is 14.2. The highest BCUT2D eigenvalue weighted by atomic mass is 35.5. The van der Waals surface area contributed by atoms with Crippen LogP contribution in [-0.2, 0) is 16.6 Å². The van der Waals surface area contributed by atoms with E-state index in [9.17, 15) is 18.5 Å². The summed E-state index contributed by atoms with van der Waals surface area (Å²) < 4.78 is 29.1. The van der Waals surface area contributed by atoms with Crippen molar-refractivity contribution in [2.24, 2.45) is 0 Å². The molecule has 0 aliphatic rings. The molecule has 0 aliphatic heterocycles. The van der Waals surface area contributed by atoms with E-state index >= 15 is 0 Å². The number of aromatic nitrogens is 2. The summed E-state index contributed by atoms with van der Waals surface area (Å²) in [6.45, 7) is 2.21. The van der Waals surface area contributed by atoms with Crippen molar-refractivity contribution in [3.8, 4) is 0 Å². The lowest BCUT2D eigenvalue weighted by Gasteiger charge is -2.06. The highest BCUT2D eigenvalue weighted by molar-refractivity contribution is 7.92. The molecule has 8 nitrogen and oxygen atoms in total. The fourth-order valence-corrected chi connectivity index (χ4v) is 3.80. The SMILES string of the molecule is Cc1cc(NS(=O)(=O)c2ccccc2[N+](=O)[O-])nn1Cc1ccc(Cl)cc1. The number of para-hydroxylation sites is 1. The van der Waals surface area contributed by atoms with Crippen molar-refractivity contribution in [3.05, 3.63) is 81.0 Å². The van der Waals surface area contributed by atoms with E-state index in [4.69, 9.17) is 11.6 Å². The molecule has 1 aromatic heterocycles. The van der Waals surface area contributed by atoms with Gasteiger partial charge in [-0.15, -0.1) is 0 Å². The Balaban J connectivity index is 1.86. The standard InChI is InChI=1S/C17H15ClN4O4S/c1-12-10-17(19-21(12)11-13-6-8-14(18)9-7-13)20-27(25,26)16-5-3-2-4-15(16)22(23)24/h2-10H,11H2,1H3,(H,19,20). The number of nitrogens with zero attached hydrogens (tertiary/aromatic N) is 3. The van der Waals surface area contributed by atoms with Gasteiger partial charge in [-0.05, 0) is 30.7 Å². The fraction of sp³-hybridized carbons (Fsp3) is 0.118. The highest BCUT2D eigenvalue weighted by Gasteiger charge is 2.26. The first kappa shape index (κ1) is 18.9. The number of nitro benzene ring substituents is 1. The number of hydrogen-bond acceptors (Lipinski definition) is 5. The lowest BCUT2D eigenvalue weighted by molar-refractivity contribution is -0.387. The minimum Gasteiger partial charge on any atom is -0.263 e. The van der Waals surface area contributed by atoms with Crippen LogP contribution in [0.2, 0.25) is 5.02 Å². The van der Waals surface area contributed by atoms with Gasteiger partial charge in [0.2, 0.25) is 0 Å². The molecule has 0 fully saturated rings. The molecule has 0 saturated heterocycles. The first-order chi connectivity index (χ1) is 12.8. The molecule has 0 aliphatic carbocycles. The Morgan fingerprint density at radius 1 is 1.19 bits per heavy atom. The number of aryl methyl sites for hydroxylation is 1. The van der Waals surface area contributed by atoms with Crippen molar-refractivity contribution < 1.29 is 13.3 Å². The summed E-state index contributed by atoms with van der Waals surface area (Å²) in [5.41, 5.74) is 1.17. The van der Waals surface area contributed by atoms with Gasteiger partial charge in [-0.2, -0.15) is 5.10 Å². The van der Waals surface area contributed by atoms with Crippen LogP contribution in [0.1, 0.15) is 11.3 Å². The van der Waals surface area contributed by atoms with Gasteiger partial charge in [0, 0.05) is 22.8 Å². The van der Waals surface area contributed by atoms with Gasteiger partial charge in [0.15, 0.2) is 10.7 Å². The van der Waals surface area contributed by atoms with Gasteiger partial charge in [0.25, 0.3) is 15.7 Å². The smallest absolute Gasteiger partial charge is 0.263 e. The molecular formula is C17H15ClN4O4S. The zero-order chi connectivity index (χ0) is 19.6. The van der Waals surface area contributed by atoms with E-state index in [0.29, 0.717) is 11.6 Å². The first-order valence-electron chi connectivity index (χ1n) is 7.81. The molecule has 0 atom stereocenters. The average molecular weight is 407 g/mol. The number of hydrogen-bond donors (Lipinski definition) is 1. The summed E-state index contributed by atoms with van der Waals surface area (Å²) in [4.78, 5) is 9.94. The Labute approximate surface area is 160 Å². The van der Waals surface area contributed by atoms with Crippen LogP contribution in [0.4, 0.5) is 11.5 Å². The maximum absolute atomic E-state index is 12.6. The Hall–Kier alpha value is -2.91. The number of sulfonamides is 1. The number of nitro groups is 1.